The number of rotatable bonds is 2. The molecule has 3 nitrogen and oxygen atoms in total. The third-order valence-electron chi connectivity index (χ3n) is 4.14. The molecular formula is C17H16BrNO2. The number of primary amides is 1. The Morgan fingerprint density at radius 2 is 2.00 bits per heavy atom. The average Bonchev–Trinajstić information content (AvgIpc) is 2.46. The summed E-state index contributed by atoms with van der Waals surface area (Å²) in [6, 6.07) is 11.1. The Hall–Kier alpha value is -1.81. The van der Waals surface area contributed by atoms with Crippen molar-refractivity contribution in [3.8, 4) is 5.75 Å². The molecule has 3 N–H and O–H groups in total. The van der Waals surface area contributed by atoms with Crippen LogP contribution in [0, 0.1) is 0 Å². The normalized spacial score (nSPS) is 17.3. The molecule has 0 fully saturated rings. The van der Waals surface area contributed by atoms with Crippen LogP contribution in [0.1, 0.15) is 39.4 Å². The summed E-state index contributed by atoms with van der Waals surface area (Å²) < 4.78 is 1.09. The lowest BCUT2D eigenvalue weighted by Gasteiger charge is -2.26. The van der Waals surface area contributed by atoms with Crippen LogP contribution in [0.25, 0.3) is 0 Å². The first-order chi connectivity index (χ1) is 10.0. The summed E-state index contributed by atoms with van der Waals surface area (Å²) in [5, 5.41) is 9.72. The molecule has 0 spiro atoms. The van der Waals surface area contributed by atoms with E-state index in [-0.39, 0.29) is 11.7 Å². The van der Waals surface area contributed by atoms with Gasteiger partial charge in [0.25, 0.3) is 0 Å². The van der Waals surface area contributed by atoms with Crippen molar-refractivity contribution in [2.45, 2.75) is 25.2 Å². The number of amides is 1. The number of carbonyl (C=O) groups excluding carboxylic acids is 1. The molecule has 0 bridgehead atoms. The zero-order valence-corrected chi connectivity index (χ0v) is 13.1. The van der Waals surface area contributed by atoms with Crippen LogP contribution in [0.3, 0.4) is 0 Å². The van der Waals surface area contributed by atoms with E-state index in [1.165, 1.54) is 17.2 Å². The summed E-state index contributed by atoms with van der Waals surface area (Å²) in [7, 11) is 0. The predicted octanol–water partition coefficient (Wildman–Crippen LogP) is 3.53. The smallest absolute Gasteiger partial charge is 0.248 e. The van der Waals surface area contributed by atoms with E-state index in [0.717, 1.165) is 29.3 Å². The average molecular weight is 346 g/mol. The number of phenols is 1. The van der Waals surface area contributed by atoms with E-state index < -0.39 is 5.91 Å². The number of carbonyl (C=O) groups is 1. The minimum Gasteiger partial charge on any atom is -0.508 e. The van der Waals surface area contributed by atoms with Gasteiger partial charge in [0.05, 0.1) is 0 Å². The number of phenolic OH excluding ortho intramolecular Hbond substituents is 1. The fourth-order valence-electron chi connectivity index (χ4n) is 3.10. The Labute approximate surface area is 131 Å². The molecule has 2 aromatic rings. The predicted molar refractivity (Wildman–Crippen MR) is 85.5 cm³/mol. The van der Waals surface area contributed by atoms with Gasteiger partial charge in [-0.25, -0.2) is 0 Å². The number of aromatic hydroxyl groups is 1. The van der Waals surface area contributed by atoms with Gasteiger partial charge in [0.15, 0.2) is 0 Å². The third kappa shape index (κ3) is 2.81. The fourth-order valence-corrected chi connectivity index (χ4v) is 3.51. The van der Waals surface area contributed by atoms with Gasteiger partial charge in [-0.05, 0) is 72.2 Å². The number of fused-ring (bicyclic) bond motifs is 1. The van der Waals surface area contributed by atoms with E-state index >= 15 is 0 Å². The summed E-state index contributed by atoms with van der Waals surface area (Å²) in [6.45, 7) is 0. The van der Waals surface area contributed by atoms with E-state index in [1.807, 2.05) is 6.07 Å². The second kappa shape index (κ2) is 5.53. The largest absolute Gasteiger partial charge is 0.508 e. The number of halogens is 1. The van der Waals surface area contributed by atoms with Crippen LogP contribution in [0.5, 0.6) is 5.75 Å². The molecule has 0 unspecified atom stereocenters. The topological polar surface area (TPSA) is 63.3 Å². The van der Waals surface area contributed by atoms with Crippen LogP contribution >= 0.6 is 15.9 Å². The molecule has 108 valence electrons. The lowest BCUT2D eigenvalue weighted by molar-refractivity contribution is 0.0999. The van der Waals surface area contributed by atoms with Crippen molar-refractivity contribution in [1.82, 2.24) is 0 Å². The number of nitrogens with two attached hydrogens (primary N) is 1. The second-order valence-corrected chi connectivity index (χ2v) is 6.40. The Morgan fingerprint density at radius 1 is 1.19 bits per heavy atom. The van der Waals surface area contributed by atoms with Gasteiger partial charge in [0.2, 0.25) is 5.91 Å². The molecule has 0 aliphatic heterocycles. The zero-order chi connectivity index (χ0) is 15.0. The van der Waals surface area contributed by atoms with Crippen LogP contribution < -0.4 is 5.73 Å². The lowest BCUT2D eigenvalue weighted by Crippen LogP contribution is -2.19. The van der Waals surface area contributed by atoms with E-state index in [4.69, 9.17) is 5.73 Å². The van der Waals surface area contributed by atoms with Gasteiger partial charge < -0.3 is 10.8 Å². The van der Waals surface area contributed by atoms with Crippen LogP contribution in [-0.2, 0) is 12.8 Å². The van der Waals surface area contributed by atoms with Gasteiger partial charge in [-0.3, -0.25) is 4.79 Å². The summed E-state index contributed by atoms with van der Waals surface area (Å²) >= 11 is 3.50. The number of hydrogen-bond donors (Lipinski definition) is 2. The summed E-state index contributed by atoms with van der Waals surface area (Å²) in [6.07, 6.45) is 2.78. The highest BCUT2D eigenvalue weighted by atomic mass is 79.9. The molecule has 1 amide bonds. The summed E-state index contributed by atoms with van der Waals surface area (Å²) in [4.78, 5) is 11.6. The first-order valence-electron chi connectivity index (χ1n) is 6.94. The van der Waals surface area contributed by atoms with Crippen LogP contribution in [0.2, 0.25) is 0 Å². The van der Waals surface area contributed by atoms with Crippen molar-refractivity contribution in [3.05, 3.63) is 63.1 Å². The molecule has 2 aromatic carbocycles. The molecule has 0 aromatic heterocycles. The van der Waals surface area contributed by atoms with Crippen molar-refractivity contribution in [2.24, 2.45) is 5.73 Å². The monoisotopic (exact) mass is 345 g/mol. The first-order valence-corrected chi connectivity index (χ1v) is 7.74. The Balaban J connectivity index is 1.98. The van der Waals surface area contributed by atoms with Crippen molar-refractivity contribution in [3.63, 3.8) is 0 Å². The van der Waals surface area contributed by atoms with E-state index in [1.54, 1.807) is 12.1 Å². The van der Waals surface area contributed by atoms with E-state index in [9.17, 15) is 9.90 Å². The molecule has 1 atom stereocenters. The summed E-state index contributed by atoms with van der Waals surface area (Å²) in [5.41, 5.74) is 9.48. The van der Waals surface area contributed by atoms with E-state index in [0.29, 0.717) is 5.56 Å². The highest BCUT2D eigenvalue weighted by Gasteiger charge is 2.24. The SMILES string of the molecule is NC(=O)c1ccc(O)cc1[C@H]1CCc2cc(Br)ccc2C1. The molecule has 0 saturated heterocycles. The first kappa shape index (κ1) is 14.1. The molecular weight excluding hydrogens is 330 g/mol. The Morgan fingerprint density at radius 3 is 2.76 bits per heavy atom. The van der Waals surface area contributed by atoms with Crippen molar-refractivity contribution in [1.29, 1.82) is 0 Å². The fraction of sp³-hybridized carbons (Fsp3) is 0.235. The van der Waals surface area contributed by atoms with Crippen LogP contribution in [-0.4, -0.2) is 11.0 Å². The number of benzene rings is 2. The maximum absolute atomic E-state index is 11.6. The molecule has 21 heavy (non-hydrogen) atoms. The Bertz CT molecular complexity index is 712. The molecule has 0 heterocycles. The molecule has 1 aliphatic rings. The van der Waals surface area contributed by atoms with Crippen LogP contribution in [0.4, 0.5) is 0 Å². The third-order valence-corrected chi connectivity index (χ3v) is 4.63. The highest BCUT2D eigenvalue weighted by molar-refractivity contribution is 9.10. The maximum Gasteiger partial charge on any atom is 0.248 e. The quantitative estimate of drug-likeness (QED) is 0.874. The van der Waals surface area contributed by atoms with Gasteiger partial charge in [-0.15, -0.1) is 0 Å². The molecule has 3 rings (SSSR count). The highest BCUT2D eigenvalue weighted by Crippen LogP contribution is 2.36. The van der Waals surface area contributed by atoms with Gasteiger partial charge in [-0.2, -0.15) is 0 Å². The van der Waals surface area contributed by atoms with Gasteiger partial charge in [0.1, 0.15) is 5.75 Å². The van der Waals surface area contributed by atoms with Crippen molar-refractivity contribution < 1.29 is 9.90 Å². The molecule has 0 radical (unpaired) electrons. The number of hydrogen-bond acceptors (Lipinski definition) is 2. The molecule has 1 aliphatic carbocycles. The minimum atomic E-state index is -0.438. The van der Waals surface area contributed by atoms with Gasteiger partial charge >= 0.3 is 0 Å². The standard InChI is InChI=1S/C17H16BrNO2/c18-13-4-3-10-7-12(2-1-11(10)8-13)16-9-14(20)5-6-15(16)17(19)21/h3-6,8-9,12,20H,1-2,7H2,(H2,19,21)/t12-/m0/s1. The van der Waals surface area contributed by atoms with Gasteiger partial charge in [0, 0.05) is 10.0 Å². The Kier molecular flexibility index (Phi) is 3.72. The molecule has 4 heteroatoms. The van der Waals surface area contributed by atoms with Crippen molar-refractivity contribution >= 4 is 21.8 Å². The second-order valence-electron chi connectivity index (χ2n) is 5.49. The lowest BCUT2D eigenvalue weighted by atomic mass is 9.78. The van der Waals surface area contributed by atoms with Crippen LogP contribution in [0.15, 0.2) is 40.9 Å². The van der Waals surface area contributed by atoms with Crippen molar-refractivity contribution in [2.75, 3.05) is 0 Å². The summed E-state index contributed by atoms with van der Waals surface area (Å²) in [5.74, 6) is -0.0449. The van der Waals surface area contributed by atoms with Gasteiger partial charge in [-0.1, -0.05) is 22.0 Å². The van der Waals surface area contributed by atoms with E-state index in [2.05, 4.69) is 28.1 Å². The zero-order valence-electron chi connectivity index (χ0n) is 11.5. The maximum atomic E-state index is 11.6. The minimum absolute atomic E-state index is 0.177. The number of aryl methyl sites for hydroxylation is 1. The molecule has 0 saturated carbocycles.